The fourth-order valence-electron chi connectivity index (χ4n) is 2.28. The average molecular weight is 422 g/mol. The van der Waals surface area contributed by atoms with Crippen LogP contribution >= 0.6 is 0 Å². The van der Waals surface area contributed by atoms with Crippen LogP contribution in [0.4, 0.5) is 5.69 Å². The van der Waals surface area contributed by atoms with Crippen LogP contribution in [0.3, 0.4) is 0 Å². The second-order valence-corrected chi connectivity index (χ2v) is 6.29. The van der Waals surface area contributed by atoms with Crippen molar-refractivity contribution < 1.29 is 33.8 Å². The van der Waals surface area contributed by atoms with Gasteiger partial charge in [0.1, 0.15) is 6.61 Å². The Balaban J connectivity index is 2.33. The number of aliphatic carboxylic acids is 1. The van der Waals surface area contributed by atoms with E-state index in [4.69, 9.17) is 9.84 Å². The lowest BCUT2D eigenvalue weighted by molar-refractivity contribution is -0.142. The highest BCUT2D eigenvalue weighted by molar-refractivity contribution is 5.95. The van der Waals surface area contributed by atoms with E-state index >= 15 is 0 Å². The van der Waals surface area contributed by atoms with Crippen LogP contribution in [0, 0.1) is 0 Å². The van der Waals surface area contributed by atoms with Crippen molar-refractivity contribution in [3.8, 4) is 0 Å². The van der Waals surface area contributed by atoms with Gasteiger partial charge in [-0.2, -0.15) is 0 Å². The number of amides is 3. The van der Waals surface area contributed by atoms with Crippen molar-refractivity contribution >= 4 is 35.3 Å². The van der Waals surface area contributed by atoms with E-state index in [1.165, 1.54) is 14.0 Å². The number of rotatable bonds is 12. The molecule has 11 heteroatoms. The molecule has 1 unspecified atom stereocenters. The molecule has 1 atom stereocenters. The number of hydrogen-bond donors (Lipinski definition) is 5. The van der Waals surface area contributed by atoms with Gasteiger partial charge in [-0.3, -0.25) is 24.0 Å². The Bertz CT molecular complexity index is 765. The van der Waals surface area contributed by atoms with E-state index in [-0.39, 0.29) is 38.5 Å². The number of nitrogens with one attached hydrogen (secondary N) is 4. The Morgan fingerprint density at radius 2 is 1.63 bits per heavy atom. The third-order valence-electron chi connectivity index (χ3n) is 3.86. The molecular formula is C19H26N4O7. The maximum absolute atomic E-state index is 11.9. The quantitative estimate of drug-likeness (QED) is 0.278. The molecule has 0 aromatic heterocycles. The molecule has 1 aromatic carbocycles. The number of carboxylic acid groups (broad SMARTS) is 1. The molecule has 0 aliphatic rings. The summed E-state index contributed by atoms with van der Waals surface area (Å²) in [6, 6.07) is 5.91. The second-order valence-electron chi connectivity index (χ2n) is 6.29. The highest BCUT2D eigenvalue weighted by Crippen LogP contribution is 2.10. The van der Waals surface area contributed by atoms with Crippen LogP contribution in [0.5, 0.6) is 0 Å². The van der Waals surface area contributed by atoms with Gasteiger partial charge in [0.25, 0.3) is 0 Å². The van der Waals surface area contributed by atoms with E-state index in [1.807, 2.05) is 0 Å². The maximum atomic E-state index is 11.9. The number of ether oxygens (including phenoxy) is 1. The molecule has 0 aliphatic heterocycles. The normalized spacial score (nSPS) is 11.1. The average Bonchev–Trinajstić information content (AvgIpc) is 2.70. The van der Waals surface area contributed by atoms with E-state index in [1.54, 1.807) is 24.3 Å². The molecule has 0 heterocycles. The third kappa shape index (κ3) is 10.2. The van der Waals surface area contributed by atoms with Crippen molar-refractivity contribution in [3.05, 3.63) is 29.8 Å². The summed E-state index contributed by atoms with van der Waals surface area (Å²) in [5.74, 6) is -2.95. The van der Waals surface area contributed by atoms with Gasteiger partial charge in [-0.15, -0.1) is 0 Å². The minimum Gasteiger partial charge on any atom is -0.481 e. The lowest BCUT2D eigenvalue weighted by Crippen LogP contribution is -2.47. The predicted molar refractivity (Wildman–Crippen MR) is 106 cm³/mol. The van der Waals surface area contributed by atoms with Crippen molar-refractivity contribution in [3.63, 3.8) is 0 Å². The smallest absolute Gasteiger partial charge is 0.303 e. The molecular weight excluding hydrogens is 396 g/mol. The summed E-state index contributed by atoms with van der Waals surface area (Å²) in [6.45, 7) is 0.809. The first-order chi connectivity index (χ1) is 14.2. The number of likely N-dealkylation sites (N-methyl/N-ethyl adjacent to an activating group) is 1. The van der Waals surface area contributed by atoms with Crippen molar-refractivity contribution in [1.29, 1.82) is 0 Å². The third-order valence-corrected chi connectivity index (χ3v) is 3.86. The summed E-state index contributed by atoms with van der Waals surface area (Å²) in [6.07, 6.45) is -0.0998. The molecule has 0 saturated heterocycles. The number of carbonyl (C=O) groups excluding carboxylic acids is 4. The Labute approximate surface area is 173 Å². The molecule has 5 N–H and O–H groups in total. The molecule has 0 aliphatic carbocycles. The number of carbonyl (C=O) groups is 5. The molecule has 0 radical (unpaired) electrons. The molecule has 0 spiro atoms. The van der Waals surface area contributed by atoms with E-state index in [2.05, 4.69) is 21.3 Å². The first-order valence-corrected chi connectivity index (χ1v) is 9.17. The number of hydrogen-bond acceptors (Lipinski definition) is 7. The van der Waals surface area contributed by atoms with E-state index in [0.717, 1.165) is 5.56 Å². The fraction of sp³-hybridized carbons (Fsp3) is 0.421. The van der Waals surface area contributed by atoms with Gasteiger partial charge in [-0.25, -0.2) is 0 Å². The largest absolute Gasteiger partial charge is 0.481 e. The zero-order valence-corrected chi connectivity index (χ0v) is 16.8. The molecule has 1 aromatic rings. The van der Waals surface area contributed by atoms with Crippen molar-refractivity contribution in [2.24, 2.45) is 0 Å². The van der Waals surface area contributed by atoms with Gasteiger partial charge < -0.3 is 31.1 Å². The van der Waals surface area contributed by atoms with Gasteiger partial charge in [0.2, 0.25) is 17.7 Å². The highest BCUT2D eigenvalue weighted by atomic mass is 16.5. The first-order valence-electron chi connectivity index (χ1n) is 9.17. The number of esters is 1. The zero-order chi connectivity index (χ0) is 22.5. The predicted octanol–water partition coefficient (Wildman–Crippen LogP) is -0.627. The van der Waals surface area contributed by atoms with Gasteiger partial charge in [0.05, 0.1) is 19.1 Å². The SMILES string of the molecule is CNC(CCC(=O)O)C(=O)NCC(=O)NCC(=O)Nc1ccc(COC(C)=O)cc1. The van der Waals surface area contributed by atoms with Gasteiger partial charge in [0.15, 0.2) is 0 Å². The van der Waals surface area contributed by atoms with Gasteiger partial charge in [-0.05, 0) is 31.2 Å². The lowest BCUT2D eigenvalue weighted by atomic mass is 10.1. The number of anilines is 1. The van der Waals surface area contributed by atoms with Crippen molar-refractivity contribution in [2.75, 3.05) is 25.5 Å². The Morgan fingerprint density at radius 1 is 1.00 bits per heavy atom. The van der Waals surface area contributed by atoms with E-state index in [0.29, 0.717) is 5.69 Å². The molecule has 0 bridgehead atoms. The number of benzene rings is 1. The summed E-state index contributed by atoms with van der Waals surface area (Å²) in [4.78, 5) is 57.0. The van der Waals surface area contributed by atoms with Crippen LogP contribution in [0.2, 0.25) is 0 Å². The molecule has 164 valence electrons. The first kappa shape index (κ1) is 24.6. The maximum Gasteiger partial charge on any atom is 0.303 e. The molecule has 0 fully saturated rings. The topological polar surface area (TPSA) is 163 Å². The summed E-state index contributed by atoms with van der Waals surface area (Å²) in [7, 11) is 1.51. The van der Waals surface area contributed by atoms with Crippen LogP contribution < -0.4 is 21.3 Å². The summed E-state index contributed by atoms with van der Waals surface area (Å²) >= 11 is 0. The Hall–Kier alpha value is -3.47. The molecule has 30 heavy (non-hydrogen) atoms. The van der Waals surface area contributed by atoms with Crippen LogP contribution in [-0.4, -0.2) is 60.9 Å². The molecule has 3 amide bonds. The molecule has 1 rings (SSSR count). The fourth-order valence-corrected chi connectivity index (χ4v) is 2.28. The van der Waals surface area contributed by atoms with Crippen LogP contribution in [0.1, 0.15) is 25.3 Å². The molecule has 11 nitrogen and oxygen atoms in total. The van der Waals surface area contributed by atoms with Crippen LogP contribution in [-0.2, 0) is 35.3 Å². The van der Waals surface area contributed by atoms with Gasteiger partial charge in [0, 0.05) is 19.0 Å². The van der Waals surface area contributed by atoms with E-state index in [9.17, 15) is 24.0 Å². The Kier molecular flexibility index (Phi) is 10.6. The van der Waals surface area contributed by atoms with Crippen LogP contribution in [0.25, 0.3) is 0 Å². The minimum atomic E-state index is -1.02. The van der Waals surface area contributed by atoms with Crippen molar-refractivity contribution in [1.82, 2.24) is 16.0 Å². The molecule has 0 saturated carbocycles. The summed E-state index contributed by atoms with van der Waals surface area (Å²) in [5.41, 5.74) is 1.26. The highest BCUT2D eigenvalue weighted by Gasteiger charge is 2.18. The zero-order valence-electron chi connectivity index (χ0n) is 16.8. The van der Waals surface area contributed by atoms with Crippen molar-refractivity contribution in [2.45, 2.75) is 32.4 Å². The summed E-state index contributed by atoms with van der Waals surface area (Å²) in [5, 5.41) is 18.7. The number of carboxylic acids is 1. The second kappa shape index (κ2) is 12.9. The summed E-state index contributed by atoms with van der Waals surface area (Å²) < 4.78 is 4.87. The van der Waals surface area contributed by atoms with Gasteiger partial charge >= 0.3 is 11.9 Å². The minimum absolute atomic E-state index is 0.0847. The lowest BCUT2D eigenvalue weighted by Gasteiger charge is -2.15. The van der Waals surface area contributed by atoms with E-state index < -0.39 is 29.7 Å². The van der Waals surface area contributed by atoms with Gasteiger partial charge in [-0.1, -0.05) is 12.1 Å². The Morgan fingerprint density at radius 3 is 2.20 bits per heavy atom. The monoisotopic (exact) mass is 422 g/mol. The standard InChI is InChI=1S/C19H26N4O7/c1-12(24)30-11-13-3-5-14(6-4-13)23-17(26)10-21-16(25)9-22-19(29)15(20-2)7-8-18(27)28/h3-6,15,20H,7-11H2,1-2H3,(H,21,25)(H,22,29)(H,23,26)(H,27,28). The van der Waals surface area contributed by atoms with Crippen LogP contribution in [0.15, 0.2) is 24.3 Å².